The molecule has 0 saturated heterocycles. The molecule has 0 unspecified atom stereocenters. The quantitative estimate of drug-likeness (QED) is 0.900. The highest BCUT2D eigenvalue weighted by atomic mass is 79.9. The molecule has 0 aromatic heterocycles. The van der Waals surface area contributed by atoms with E-state index in [1.165, 1.54) is 18.2 Å². The molecule has 0 radical (unpaired) electrons. The molecule has 2 aromatic rings. The number of halogens is 3. The van der Waals surface area contributed by atoms with Crippen LogP contribution in [0.2, 0.25) is 5.02 Å². The Hall–Kier alpha value is -1.59. The van der Waals surface area contributed by atoms with Gasteiger partial charge < -0.3 is 10.5 Å². The van der Waals surface area contributed by atoms with E-state index in [4.69, 9.17) is 22.1 Å². The van der Waals surface area contributed by atoms with Crippen LogP contribution in [0.4, 0.5) is 4.39 Å². The highest BCUT2D eigenvalue weighted by molar-refractivity contribution is 9.10. The minimum Gasteiger partial charge on any atom is -0.488 e. The van der Waals surface area contributed by atoms with Gasteiger partial charge in [0.2, 0.25) is 0 Å². The van der Waals surface area contributed by atoms with Crippen molar-refractivity contribution in [2.75, 3.05) is 0 Å². The van der Waals surface area contributed by atoms with Gasteiger partial charge in [0.1, 0.15) is 18.2 Å². The molecule has 0 spiro atoms. The van der Waals surface area contributed by atoms with Crippen molar-refractivity contribution in [3.8, 4) is 5.75 Å². The van der Waals surface area contributed by atoms with E-state index in [0.29, 0.717) is 15.2 Å². The molecule has 0 atom stereocenters. The third-order valence-electron chi connectivity index (χ3n) is 2.61. The third-order valence-corrected chi connectivity index (χ3v) is 3.58. The lowest BCUT2D eigenvalue weighted by atomic mass is 10.2. The maximum absolute atomic E-state index is 13.0. The molecule has 0 heterocycles. The number of rotatable bonds is 4. The number of amides is 1. The van der Waals surface area contributed by atoms with Gasteiger partial charge in [-0.25, -0.2) is 4.39 Å². The zero-order valence-corrected chi connectivity index (χ0v) is 12.5. The molecular weight excluding hydrogens is 349 g/mol. The maximum Gasteiger partial charge on any atom is 0.252 e. The van der Waals surface area contributed by atoms with Gasteiger partial charge in [0.05, 0.1) is 5.56 Å². The van der Waals surface area contributed by atoms with Gasteiger partial charge in [-0.3, -0.25) is 4.79 Å². The monoisotopic (exact) mass is 357 g/mol. The lowest BCUT2D eigenvalue weighted by Crippen LogP contribution is -2.13. The van der Waals surface area contributed by atoms with E-state index in [1.807, 2.05) is 0 Å². The lowest BCUT2D eigenvalue weighted by Gasteiger charge is -2.11. The van der Waals surface area contributed by atoms with E-state index in [1.54, 1.807) is 18.2 Å². The van der Waals surface area contributed by atoms with E-state index >= 15 is 0 Å². The van der Waals surface area contributed by atoms with Gasteiger partial charge in [-0.2, -0.15) is 0 Å². The first-order valence-corrected chi connectivity index (χ1v) is 6.80. The number of carbonyl (C=O) groups excluding carboxylic acids is 1. The van der Waals surface area contributed by atoms with Gasteiger partial charge in [-0.15, -0.1) is 0 Å². The Bertz CT molecular complexity index is 664. The summed E-state index contributed by atoms with van der Waals surface area (Å²) in [5.41, 5.74) is 6.22. The molecular formula is C14H10BrClFNO2. The first kappa shape index (κ1) is 14.8. The molecule has 6 heteroatoms. The lowest BCUT2D eigenvalue weighted by molar-refractivity contribution is 0.0996. The summed E-state index contributed by atoms with van der Waals surface area (Å²) in [6.45, 7) is 0.169. The van der Waals surface area contributed by atoms with Gasteiger partial charge in [-0.1, -0.05) is 33.6 Å². The average molecular weight is 359 g/mol. The van der Waals surface area contributed by atoms with E-state index in [0.717, 1.165) is 5.56 Å². The van der Waals surface area contributed by atoms with Crippen LogP contribution in [-0.4, -0.2) is 5.91 Å². The van der Waals surface area contributed by atoms with Crippen LogP contribution in [0, 0.1) is 5.82 Å². The number of hydrogen-bond acceptors (Lipinski definition) is 2. The van der Waals surface area contributed by atoms with Crippen LogP contribution in [0.15, 0.2) is 40.9 Å². The zero-order valence-electron chi connectivity index (χ0n) is 10.2. The highest BCUT2D eigenvalue weighted by Gasteiger charge is 2.11. The molecule has 0 saturated carbocycles. The summed E-state index contributed by atoms with van der Waals surface area (Å²) in [5, 5.41) is 0.397. The molecule has 2 N–H and O–H groups in total. The zero-order chi connectivity index (χ0) is 14.7. The number of carbonyl (C=O) groups is 1. The third kappa shape index (κ3) is 3.49. The molecule has 0 aliphatic rings. The number of benzene rings is 2. The van der Waals surface area contributed by atoms with Crippen molar-refractivity contribution in [3.63, 3.8) is 0 Å². The Morgan fingerprint density at radius 3 is 2.70 bits per heavy atom. The SMILES string of the molecule is NC(=O)c1cc(Cl)ccc1OCc1ccc(F)cc1Br. The topological polar surface area (TPSA) is 52.3 Å². The van der Waals surface area contributed by atoms with Crippen LogP contribution in [0.25, 0.3) is 0 Å². The largest absolute Gasteiger partial charge is 0.488 e. The van der Waals surface area contributed by atoms with Gasteiger partial charge >= 0.3 is 0 Å². The Morgan fingerprint density at radius 1 is 1.30 bits per heavy atom. The molecule has 3 nitrogen and oxygen atoms in total. The van der Waals surface area contributed by atoms with Crippen LogP contribution < -0.4 is 10.5 Å². The van der Waals surface area contributed by atoms with E-state index in [2.05, 4.69) is 15.9 Å². The standard InChI is InChI=1S/C14H10BrClFNO2/c15-12-6-10(17)3-1-8(12)7-20-13-4-2-9(16)5-11(13)14(18)19/h1-6H,7H2,(H2,18,19). The summed E-state index contributed by atoms with van der Waals surface area (Å²) in [6.07, 6.45) is 0. The van der Waals surface area contributed by atoms with Crippen molar-refractivity contribution in [2.24, 2.45) is 5.73 Å². The van der Waals surface area contributed by atoms with E-state index in [9.17, 15) is 9.18 Å². The molecule has 2 rings (SSSR count). The van der Waals surface area contributed by atoms with Crippen LogP contribution in [0.1, 0.15) is 15.9 Å². The van der Waals surface area contributed by atoms with Crippen molar-refractivity contribution in [1.29, 1.82) is 0 Å². The number of hydrogen-bond donors (Lipinski definition) is 1. The molecule has 0 fully saturated rings. The average Bonchev–Trinajstić information content (AvgIpc) is 2.38. The van der Waals surface area contributed by atoms with Gasteiger partial charge in [-0.05, 0) is 30.3 Å². The molecule has 0 aliphatic carbocycles. The van der Waals surface area contributed by atoms with Gasteiger partial charge in [0, 0.05) is 15.1 Å². The number of nitrogens with two attached hydrogens (primary N) is 1. The molecule has 2 aromatic carbocycles. The van der Waals surface area contributed by atoms with E-state index < -0.39 is 5.91 Å². The van der Waals surface area contributed by atoms with Crippen LogP contribution >= 0.6 is 27.5 Å². The molecule has 104 valence electrons. The molecule has 20 heavy (non-hydrogen) atoms. The second-order valence-electron chi connectivity index (χ2n) is 4.03. The Morgan fingerprint density at radius 2 is 2.05 bits per heavy atom. The number of primary amides is 1. The Labute approximate surface area is 128 Å². The molecule has 0 bridgehead atoms. The van der Waals surface area contributed by atoms with E-state index in [-0.39, 0.29) is 18.0 Å². The van der Waals surface area contributed by atoms with Crippen molar-refractivity contribution in [3.05, 3.63) is 62.8 Å². The van der Waals surface area contributed by atoms with Crippen LogP contribution in [0.3, 0.4) is 0 Å². The predicted octanol–water partition coefficient (Wildman–Crippen LogP) is 3.92. The fraction of sp³-hybridized carbons (Fsp3) is 0.0714. The molecule has 1 amide bonds. The summed E-state index contributed by atoms with van der Waals surface area (Å²) < 4.78 is 19.1. The maximum atomic E-state index is 13.0. The summed E-state index contributed by atoms with van der Waals surface area (Å²) >= 11 is 9.06. The summed E-state index contributed by atoms with van der Waals surface area (Å²) in [5.74, 6) is -0.635. The van der Waals surface area contributed by atoms with Crippen LogP contribution in [0.5, 0.6) is 5.75 Å². The fourth-order valence-electron chi connectivity index (χ4n) is 1.61. The van der Waals surface area contributed by atoms with Crippen molar-refractivity contribution in [2.45, 2.75) is 6.61 Å². The second-order valence-corrected chi connectivity index (χ2v) is 5.32. The minimum atomic E-state index is -0.624. The number of ether oxygens (including phenoxy) is 1. The first-order chi connectivity index (χ1) is 9.47. The molecule has 0 aliphatic heterocycles. The Balaban J connectivity index is 2.20. The minimum absolute atomic E-state index is 0.169. The predicted molar refractivity (Wildman–Crippen MR) is 78.4 cm³/mol. The smallest absolute Gasteiger partial charge is 0.252 e. The summed E-state index contributed by atoms with van der Waals surface area (Å²) in [4.78, 5) is 11.3. The van der Waals surface area contributed by atoms with Gasteiger partial charge in [0.15, 0.2) is 0 Å². The van der Waals surface area contributed by atoms with Crippen molar-refractivity contribution >= 4 is 33.4 Å². The van der Waals surface area contributed by atoms with Gasteiger partial charge in [0.25, 0.3) is 5.91 Å². The highest BCUT2D eigenvalue weighted by Crippen LogP contribution is 2.25. The second kappa shape index (κ2) is 6.24. The normalized spacial score (nSPS) is 10.3. The van der Waals surface area contributed by atoms with Crippen LogP contribution in [-0.2, 0) is 6.61 Å². The first-order valence-electron chi connectivity index (χ1n) is 5.63. The fourth-order valence-corrected chi connectivity index (χ4v) is 2.25. The summed E-state index contributed by atoms with van der Waals surface area (Å²) in [6, 6.07) is 8.89. The van der Waals surface area contributed by atoms with Crippen molar-refractivity contribution < 1.29 is 13.9 Å². The Kier molecular flexibility index (Phi) is 4.62. The summed E-state index contributed by atoms with van der Waals surface area (Å²) in [7, 11) is 0. The van der Waals surface area contributed by atoms with Crippen molar-refractivity contribution in [1.82, 2.24) is 0 Å².